The van der Waals surface area contributed by atoms with Crippen molar-refractivity contribution in [2.75, 3.05) is 19.5 Å². The van der Waals surface area contributed by atoms with E-state index < -0.39 is 12.0 Å². The molecule has 0 bridgehead atoms. The van der Waals surface area contributed by atoms with Gasteiger partial charge in [0, 0.05) is 6.92 Å². The van der Waals surface area contributed by atoms with Crippen LogP contribution < -0.4 is 15.4 Å². The fourth-order valence-corrected chi connectivity index (χ4v) is 3.14. The van der Waals surface area contributed by atoms with Gasteiger partial charge in [0.05, 0.1) is 32.4 Å². The van der Waals surface area contributed by atoms with Gasteiger partial charge in [0.25, 0.3) is 0 Å². The summed E-state index contributed by atoms with van der Waals surface area (Å²) in [6.45, 7) is 1.39. The molecule has 1 aromatic carbocycles. The summed E-state index contributed by atoms with van der Waals surface area (Å²) in [5.74, 6) is -0.405. The van der Waals surface area contributed by atoms with Gasteiger partial charge in [-0.1, -0.05) is 12.1 Å². The Morgan fingerprint density at radius 3 is 2.38 bits per heavy atom. The average molecular weight is 376 g/mol. The minimum atomic E-state index is -0.510. The minimum Gasteiger partial charge on any atom is -0.497 e. The standard InChI is InChI=1S/C18H20N2O5S/c1-11(21)19-15(12-4-6-13(24-2)7-5-12)10-16(22)20-14-8-9-26-17(14)18(23)25-3/h4-9,15H,10H2,1-3H3,(H,19,21)(H,20,22). The first-order valence-corrected chi connectivity index (χ1v) is 8.69. The molecule has 0 aliphatic rings. The molecule has 2 rings (SSSR count). The molecule has 8 heteroatoms. The maximum Gasteiger partial charge on any atom is 0.350 e. The highest BCUT2D eigenvalue weighted by Gasteiger charge is 2.20. The van der Waals surface area contributed by atoms with E-state index >= 15 is 0 Å². The lowest BCUT2D eigenvalue weighted by Gasteiger charge is -2.18. The van der Waals surface area contributed by atoms with E-state index in [1.807, 2.05) is 0 Å². The molecule has 0 spiro atoms. The Morgan fingerprint density at radius 1 is 1.12 bits per heavy atom. The molecule has 1 unspecified atom stereocenters. The van der Waals surface area contributed by atoms with Crippen LogP contribution in [0, 0.1) is 0 Å². The number of methoxy groups -OCH3 is 2. The third-order valence-corrected chi connectivity index (χ3v) is 4.49. The molecule has 1 atom stereocenters. The Hall–Kier alpha value is -2.87. The zero-order valence-electron chi connectivity index (χ0n) is 14.7. The van der Waals surface area contributed by atoms with Gasteiger partial charge in [-0.3, -0.25) is 9.59 Å². The largest absolute Gasteiger partial charge is 0.497 e. The monoisotopic (exact) mass is 376 g/mol. The van der Waals surface area contributed by atoms with Crippen molar-refractivity contribution in [2.24, 2.45) is 0 Å². The van der Waals surface area contributed by atoms with Crippen LogP contribution in [0.15, 0.2) is 35.7 Å². The normalized spacial score (nSPS) is 11.3. The summed E-state index contributed by atoms with van der Waals surface area (Å²) in [6, 6.07) is 8.23. The molecule has 138 valence electrons. The maximum atomic E-state index is 12.4. The molecule has 2 amide bonds. The number of thiophene rings is 1. The first-order valence-electron chi connectivity index (χ1n) is 7.81. The van der Waals surface area contributed by atoms with E-state index in [9.17, 15) is 14.4 Å². The molecule has 7 nitrogen and oxygen atoms in total. The van der Waals surface area contributed by atoms with Gasteiger partial charge >= 0.3 is 5.97 Å². The Balaban J connectivity index is 2.12. The van der Waals surface area contributed by atoms with Crippen molar-refractivity contribution in [2.45, 2.75) is 19.4 Å². The topological polar surface area (TPSA) is 93.7 Å². The van der Waals surface area contributed by atoms with Gasteiger partial charge < -0.3 is 20.1 Å². The molecule has 1 heterocycles. The van der Waals surface area contributed by atoms with Gasteiger partial charge in [-0.15, -0.1) is 11.3 Å². The fourth-order valence-electron chi connectivity index (χ4n) is 2.38. The smallest absolute Gasteiger partial charge is 0.350 e. The molecule has 0 aliphatic carbocycles. The van der Waals surface area contributed by atoms with Gasteiger partial charge in [0.15, 0.2) is 0 Å². The van der Waals surface area contributed by atoms with E-state index in [1.54, 1.807) is 42.8 Å². The summed E-state index contributed by atoms with van der Waals surface area (Å²) in [5.41, 5.74) is 1.16. The zero-order valence-corrected chi connectivity index (χ0v) is 15.5. The summed E-state index contributed by atoms with van der Waals surface area (Å²) in [5, 5.41) is 7.15. The molecular formula is C18H20N2O5S. The lowest BCUT2D eigenvalue weighted by atomic mass is 10.0. The number of esters is 1. The van der Waals surface area contributed by atoms with Gasteiger partial charge in [0.1, 0.15) is 10.6 Å². The SMILES string of the molecule is COC(=O)c1sccc1NC(=O)CC(NC(C)=O)c1ccc(OC)cc1. The Kier molecular flexibility index (Phi) is 6.74. The van der Waals surface area contributed by atoms with E-state index in [4.69, 9.17) is 9.47 Å². The zero-order chi connectivity index (χ0) is 19.1. The van der Waals surface area contributed by atoms with E-state index in [-0.39, 0.29) is 18.2 Å². The molecular weight excluding hydrogens is 356 g/mol. The lowest BCUT2D eigenvalue weighted by Crippen LogP contribution is -2.29. The summed E-state index contributed by atoms with van der Waals surface area (Å²) in [7, 11) is 2.84. The molecule has 2 aromatic rings. The van der Waals surface area contributed by atoms with Crippen LogP contribution in [0.5, 0.6) is 5.75 Å². The van der Waals surface area contributed by atoms with Crippen molar-refractivity contribution in [3.63, 3.8) is 0 Å². The first kappa shape index (κ1) is 19.5. The Morgan fingerprint density at radius 2 is 1.81 bits per heavy atom. The van der Waals surface area contributed by atoms with Crippen molar-refractivity contribution >= 4 is 34.8 Å². The number of hydrogen-bond donors (Lipinski definition) is 2. The number of benzene rings is 1. The second-order valence-corrected chi connectivity index (χ2v) is 6.35. The fraction of sp³-hybridized carbons (Fsp3) is 0.278. The average Bonchev–Trinajstić information content (AvgIpc) is 3.08. The van der Waals surface area contributed by atoms with Crippen molar-refractivity contribution in [3.05, 3.63) is 46.2 Å². The van der Waals surface area contributed by atoms with Crippen LogP contribution in [-0.2, 0) is 14.3 Å². The highest BCUT2D eigenvalue weighted by molar-refractivity contribution is 7.12. The highest BCUT2D eigenvalue weighted by Crippen LogP contribution is 2.25. The van der Waals surface area contributed by atoms with E-state index in [0.717, 1.165) is 5.56 Å². The predicted molar refractivity (Wildman–Crippen MR) is 98.5 cm³/mol. The van der Waals surface area contributed by atoms with E-state index in [1.165, 1.54) is 25.4 Å². The number of anilines is 1. The summed E-state index contributed by atoms with van der Waals surface area (Å²) < 4.78 is 9.81. The second-order valence-electron chi connectivity index (χ2n) is 5.43. The van der Waals surface area contributed by atoms with Crippen LogP contribution in [0.3, 0.4) is 0 Å². The van der Waals surface area contributed by atoms with Crippen LogP contribution in [0.25, 0.3) is 0 Å². The Bertz CT molecular complexity index is 785. The van der Waals surface area contributed by atoms with Gasteiger partial charge in [-0.25, -0.2) is 4.79 Å². The van der Waals surface area contributed by atoms with Gasteiger partial charge in [-0.05, 0) is 29.1 Å². The molecule has 26 heavy (non-hydrogen) atoms. The van der Waals surface area contributed by atoms with Crippen LogP contribution in [-0.4, -0.2) is 32.0 Å². The summed E-state index contributed by atoms with van der Waals surface area (Å²) in [4.78, 5) is 35.9. The second kappa shape index (κ2) is 9.00. The lowest BCUT2D eigenvalue weighted by molar-refractivity contribution is -0.120. The van der Waals surface area contributed by atoms with Crippen molar-refractivity contribution < 1.29 is 23.9 Å². The van der Waals surface area contributed by atoms with Gasteiger partial charge in [-0.2, -0.15) is 0 Å². The molecule has 0 aliphatic heterocycles. The minimum absolute atomic E-state index is 0.0162. The quantitative estimate of drug-likeness (QED) is 0.725. The van der Waals surface area contributed by atoms with E-state index in [2.05, 4.69) is 10.6 Å². The maximum absolute atomic E-state index is 12.4. The first-order chi connectivity index (χ1) is 12.4. The molecule has 2 N–H and O–H groups in total. The molecule has 0 radical (unpaired) electrons. The third kappa shape index (κ3) is 5.06. The number of ether oxygens (including phenoxy) is 2. The van der Waals surface area contributed by atoms with Crippen molar-refractivity contribution in [1.82, 2.24) is 5.32 Å². The van der Waals surface area contributed by atoms with Crippen LogP contribution in [0.1, 0.15) is 34.6 Å². The summed E-state index contributed by atoms with van der Waals surface area (Å²) in [6.07, 6.45) is 0.0162. The van der Waals surface area contributed by atoms with Crippen molar-refractivity contribution in [1.29, 1.82) is 0 Å². The van der Waals surface area contributed by atoms with Crippen molar-refractivity contribution in [3.8, 4) is 5.75 Å². The molecule has 1 aromatic heterocycles. The van der Waals surface area contributed by atoms with Gasteiger partial charge in [0.2, 0.25) is 11.8 Å². The predicted octanol–water partition coefficient (Wildman–Crippen LogP) is 2.75. The number of hydrogen-bond acceptors (Lipinski definition) is 6. The Labute approximate surface area is 155 Å². The summed E-state index contributed by atoms with van der Waals surface area (Å²) >= 11 is 1.18. The highest BCUT2D eigenvalue weighted by atomic mass is 32.1. The van der Waals surface area contributed by atoms with E-state index in [0.29, 0.717) is 16.3 Å². The number of rotatable bonds is 7. The number of amides is 2. The molecule has 0 fully saturated rings. The number of nitrogens with one attached hydrogen (secondary N) is 2. The van der Waals surface area contributed by atoms with Crippen LogP contribution >= 0.6 is 11.3 Å². The number of carbonyl (C=O) groups is 3. The molecule has 0 saturated carbocycles. The molecule has 0 saturated heterocycles. The van der Waals surface area contributed by atoms with Crippen LogP contribution in [0.2, 0.25) is 0 Å². The van der Waals surface area contributed by atoms with Crippen LogP contribution in [0.4, 0.5) is 5.69 Å². The number of carbonyl (C=O) groups excluding carboxylic acids is 3. The third-order valence-electron chi connectivity index (χ3n) is 3.60.